The molecule has 8 nitrogen and oxygen atoms in total. The number of carbonyl (C=O) groups is 3. The van der Waals surface area contributed by atoms with Gasteiger partial charge in [0.1, 0.15) is 10.9 Å². The number of amides is 2. The predicted octanol–water partition coefficient (Wildman–Crippen LogP) is 2.90. The molecular weight excluding hydrogens is 436 g/mol. The van der Waals surface area contributed by atoms with Crippen molar-refractivity contribution in [1.29, 1.82) is 0 Å². The third-order valence-electron chi connectivity index (χ3n) is 4.89. The maximum absolute atomic E-state index is 12.4. The van der Waals surface area contributed by atoms with Gasteiger partial charge in [-0.25, -0.2) is 4.98 Å². The maximum Gasteiger partial charge on any atom is 0.305 e. The topological polar surface area (TPSA) is 105 Å². The number of hydrogen-bond donors (Lipinski definition) is 2. The minimum atomic E-state index is -0.927. The molecule has 31 heavy (non-hydrogen) atoms. The third-order valence-corrected chi connectivity index (χ3v) is 6.32. The molecule has 0 spiro atoms. The molecule has 2 amide bonds. The molecule has 3 aromatic rings. The number of nitrogens with zero attached hydrogens (tertiary/aromatic N) is 3. The van der Waals surface area contributed by atoms with Gasteiger partial charge in [-0.05, 0) is 23.8 Å². The van der Waals surface area contributed by atoms with E-state index in [1.165, 1.54) is 16.7 Å². The molecule has 1 unspecified atom stereocenters. The molecule has 1 fully saturated rings. The Morgan fingerprint density at radius 2 is 2.00 bits per heavy atom. The first-order valence-electron chi connectivity index (χ1n) is 9.42. The van der Waals surface area contributed by atoms with Crippen LogP contribution in [-0.4, -0.2) is 54.0 Å². The van der Waals surface area contributed by atoms with Gasteiger partial charge >= 0.3 is 5.97 Å². The summed E-state index contributed by atoms with van der Waals surface area (Å²) in [6, 6.07) is 14.1. The molecule has 0 saturated carbocycles. The lowest BCUT2D eigenvalue weighted by atomic mass is 10.0. The van der Waals surface area contributed by atoms with E-state index in [0.717, 1.165) is 5.56 Å². The van der Waals surface area contributed by atoms with E-state index < -0.39 is 12.0 Å². The van der Waals surface area contributed by atoms with Gasteiger partial charge in [0.05, 0.1) is 35.6 Å². The highest BCUT2D eigenvalue weighted by Gasteiger charge is 2.28. The molecule has 1 atom stereocenters. The number of carboxylic acid groups (broad SMARTS) is 1. The van der Waals surface area contributed by atoms with Crippen LogP contribution in [-0.2, 0) is 14.4 Å². The van der Waals surface area contributed by atoms with Crippen LogP contribution in [0, 0.1) is 0 Å². The van der Waals surface area contributed by atoms with Crippen LogP contribution in [0.3, 0.4) is 0 Å². The summed E-state index contributed by atoms with van der Waals surface area (Å²) in [5, 5.41) is 12.2. The average molecular weight is 455 g/mol. The third kappa shape index (κ3) is 4.59. The van der Waals surface area contributed by atoms with Crippen molar-refractivity contribution in [2.24, 2.45) is 0 Å². The van der Waals surface area contributed by atoms with Gasteiger partial charge in [0, 0.05) is 5.69 Å². The number of thiocarbonyl (C=S) groups is 1. The van der Waals surface area contributed by atoms with Gasteiger partial charge in [0.15, 0.2) is 0 Å². The fraction of sp³-hybridized carbons (Fsp3) is 0.190. The molecule has 1 aromatic heterocycles. The SMILES string of the molecule is O=C(O)CC(c1ccccc1)n1cnc2ccc(NC(=O)CN3C(=O)CSC3=S)cc21. The smallest absolute Gasteiger partial charge is 0.305 e. The summed E-state index contributed by atoms with van der Waals surface area (Å²) in [6.07, 6.45) is 1.49. The molecular formula is C21H18N4O4S2. The molecule has 2 aromatic carbocycles. The first-order chi connectivity index (χ1) is 14.9. The zero-order valence-corrected chi connectivity index (χ0v) is 17.9. The van der Waals surface area contributed by atoms with Crippen molar-refractivity contribution in [1.82, 2.24) is 14.5 Å². The second kappa shape index (κ2) is 8.86. The number of thioether (sulfide) groups is 1. The lowest BCUT2D eigenvalue weighted by molar-refractivity contribution is -0.137. The highest BCUT2D eigenvalue weighted by molar-refractivity contribution is 8.23. The van der Waals surface area contributed by atoms with Crippen LogP contribution in [0.1, 0.15) is 18.0 Å². The molecule has 158 valence electrons. The fourth-order valence-electron chi connectivity index (χ4n) is 3.45. The van der Waals surface area contributed by atoms with Crippen LogP contribution in [0.4, 0.5) is 5.69 Å². The Hall–Kier alpha value is -3.24. The number of hydrogen-bond acceptors (Lipinski definition) is 6. The molecule has 10 heteroatoms. The Balaban J connectivity index is 1.61. The van der Waals surface area contributed by atoms with Crippen molar-refractivity contribution in [3.8, 4) is 0 Å². The molecule has 0 aliphatic carbocycles. The minimum absolute atomic E-state index is 0.113. The molecule has 1 aliphatic heterocycles. The predicted molar refractivity (Wildman–Crippen MR) is 122 cm³/mol. The highest BCUT2D eigenvalue weighted by atomic mass is 32.2. The zero-order valence-electron chi connectivity index (χ0n) is 16.2. The van der Waals surface area contributed by atoms with E-state index in [1.54, 1.807) is 29.1 Å². The van der Waals surface area contributed by atoms with Crippen molar-refractivity contribution in [3.05, 3.63) is 60.4 Å². The number of rotatable bonds is 7. The Labute approximate surface area is 187 Å². The van der Waals surface area contributed by atoms with E-state index in [4.69, 9.17) is 12.2 Å². The van der Waals surface area contributed by atoms with Crippen LogP contribution in [0.15, 0.2) is 54.9 Å². The number of benzene rings is 2. The quantitative estimate of drug-likeness (QED) is 0.529. The van der Waals surface area contributed by atoms with Crippen LogP contribution in [0.25, 0.3) is 11.0 Å². The van der Waals surface area contributed by atoms with Crippen molar-refractivity contribution >= 4 is 62.8 Å². The molecule has 1 aliphatic rings. The molecule has 4 rings (SSSR count). The van der Waals surface area contributed by atoms with Crippen molar-refractivity contribution in [2.75, 3.05) is 17.6 Å². The van der Waals surface area contributed by atoms with Gasteiger partial charge in [-0.2, -0.15) is 0 Å². The monoisotopic (exact) mass is 454 g/mol. The van der Waals surface area contributed by atoms with E-state index in [2.05, 4.69) is 10.3 Å². The summed E-state index contributed by atoms with van der Waals surface area (Å²) < 4.78 is 2.19. The molecule has 0 radical (unpaired) electrons. The average Bonchev–Trinajstić information content (AvgIpc) is 3.30. The van der Waals surface area contributed by atoms with Crippen LogP contribution in [0.5, 0.6) is 0 Å². The maximum atomic E-state index is 12.4. The van der Waals surface area contributed by atoms with Gasteiger partial charge < -0.3 is 15.0 Å². The molecule has 1 saturated heterocycles. The standard InChI is InChI=1S/C21H18N4O4S2/c26-18(10-24-19(27)11-31-21(24)30)23-14-6-7-15-17(8-14)25(12-22-15)16(9-20(28)29)13-4-2-1-3-5-13/h1-8,12,16H,9-11H2,(H,23,26)(H,28,29). The van der Waals surface area contributed by atoms with E-state index in [0.29, 0.717) is 21.0 Å². The Morgan fingerprint density at radius 3 is 2.68 bits per heavy atom. The van der Waals surface area contributed by atoms with Gasteiger partial charge in [-0.3, -0.25) is 19.3 Å². The number of anilines is 1. The van der Waals surface area contributed by atoms with Crippen LogP contribution >= 0.6 is 24.0 Å². The summed E-state index contributed by atoms with van der Waals surface area (Å²) in [5.41, 5.74) is 2.73. The Bertz CT molecular complexity index is 1160. The number of nitrogens with one attached hydrogen (secondary N) is 1. The van der Waals surface area contributed by atoms with E-state index in [9.17, 15) is 19.5 Å². The lowest BCUT2D eigenvalue weighted by Crippen LogP contribution is -2.36. The van der Waals surface area contributed by atoms with E-state index >= 15 is 0 Å². The summed E-state index contributed by atoms with van der Waals surface area (Å²) in [5.74, 6) is -1.22. The first-order valence-corrected chi connectivity index (χ1v) is 10.8. The number of aliphatic carboxylic acids is 1. The molecule has 0 bridgehead atoms. The zero-order chi connectivity index (χ0) is 22.0. The first kappa shape index (κ1) is 21.0. The number of carboxylic acids is 1. The largest absolute Gasteiger partial charge is 0.481 e. The van der Waals surface area contributed by atoms with Crippen LogP contribution < -0.4 is 5.32 Å². The minimum Gasteiger partial charge on any atom is -0.481 e. The molecule has 2 N–H and O–H groups in total. The number of aromatic nitrogens is 2. The van der Waals surface area contributed by atoms with Gasteiger partial charge in [-0.1, -0.05) is 54.3 Å². The second-order valence-electron chi connectivity index (χ2n) is 6.96. The van der Waals surface area contributed by atoms with Gasteiger partial charge in [0.25, 0.3) is 0 Å². The summed E-state index contributed by atoms with van der Waals surface area (Å²) in [4.78, 5) is 41.5. The number of imidazole rings is 1. The van der Waals surface area contributed by atoms with E-state index in [1.807, 2.05) is 30.3 Å². The lowest BCUT2D eigenvalue weighted by Gasteiger charge is -2.19. The summed E-state index contributed by atoms with van der Waals surface area (Å²) in [6.45, 7) is -0.145. The Kier molecular flexibility index (Phi) is 6.01. The number of carbonyl (C=O) groups excluding carboxylic acids is 2. The molecule has 2 heterocycles. The summed E-state index contributed by atoms with van der Waals surface area (Å²) >= 11 is 6.35. The Morgan fingerprint density at radius 1 is 1.23 bits per heavy atom. The van der Waals surface area contributed by atoms with Gasteiger partial charge in [-0.15, -0.1) is 0 Å². The van der Waals surface area contributed by atoms with Crippen LogP contribution in [0.2, 0.25) is 0 Å². The van der Waals surface area contributed by atoms with Crippen molar-refractivity contribution in [3.63, 3.8) is 0 Å². The van der Waals surface area contributed by atoms with Gasteiger partial charge in [0.2, 0.25) is 11.8 Å². The highest BCUT2D eigenvalue weighted by Crippen LogP contribution is 2.28. The summed E-state index contributed by atoms with van der Waals surface area (Å²) in [7, 11) is 0. The second-order valence-corrected chi connectivity index (χ2v) is 8.57. The fourth-order valence-corrected chi connectivity index (χ4v) is 4.52. The normalized spacial score (nSPS) is 14.8. The number of fused-ring (bicyclic) bond motifs is 1. The van der Waals surface area contributed by atoms with Crippen molar-refractivity contribution in [2.45, 2.75) is 12.5 Å². The van der Waals surface area contributed by atoms with E-state index in [-0.39, 0.29) is 30.5 Å². The van der Waals surface area contributed by atoms with Crippen molar-refractivity contribution < 1.29 is 19.5 Å².